The van der Waals surface area contributed by atoms with E-state index >= 15 is 0 Å². The van der Waals surface area contributed by atoms with Gasteiger partial charge in [-0.2, -0.15) is 0 Å². The maximum absolute atomic E-state index is 12.8. The SMILES string of the molecule is CCN1C(=O)C(C)(C)COc2ccc(NC(=O)CCC3CCCC3)cc21. The molecule has 1 aliphatic carbocycles. The second-order valence-corrected chi connectivity index (χ2v) is 8.14. The van der Waals surface area contributed by atoms with Gasteiger partial charge in [-0.15, -0.1) is 0 Å². The Morgan fingerprint density at radius 3 is 2.73 bits per heavy atom. The van der Waals surface area contributed by atoms with Crippen molar-refractivity contribution in [2.45, 2.75) is 59.3 Å². The number of anilines is 2. The van der Waals surface area contributed by atoms with Gasteiger partial charge >= 0.3 is 0 Å². The van der Waals surface area contributed by atoms with Crippen molar-refractivity contribution in [1.29, 1.82) is 0 Å². The number of hydrogen-bond donors (Lipinski definition) is 1. The molecule has 0 bridgehead atoms. The number of hydrogen-bond acceptors (Lipinski definition) is 3. The number of nitrogens with zero attached hydrogens (tertiary/aromatic N) is 1. The zero-order valence-electron chi connectivity index (χ0n) is 16.1. The summed E-state index contributed by atoms with van der Waals surface area (Å²) >= 11 is 0. The first kappa shape index (κ1) is 18.7. The number of fused-ring (bicyclic) bond motifs is 1. The van der Waals surface area contributed by atoms with Crippen molar-refractivity contribution in [1.82, 2.24) is 0 Å². The van der Waals surface area contributed by atoms with Crippen LogP contribution in [0.4, 0.5) is 11.4 Å². The summed E-state index contributed by atoms with van der Waals surface area (Å²) in [7, 11) is 0. The number of amides is 2. The Labute approximate surface area is 156 Å². The van der Waals surface area contributed by atoms with Crippen LogP contribution in [0.3, 0.4) is 0 Å². The Kier molecular flexibility index (Phi) is 5.54. The summed E-state index contributed by atoms with van der Waals surface area (Å²) in [5.41, 5.74) is 0.881. The first-order valence-corrected chi connectivity index (χ1v) is 9.79. The fraction of sp³-hybridized carbons (Fsp3) is 0.619. The fourth-order valence-electron chi connectivity index (χ4n) is 3.89. The van der Waals surface area contributed by atoms with E-state index in [1.165, 1.54) is 25.7 Å². The number of rotatable bonds is 5. The molecular formula is C21H30N2O3. The number of ether oxygens (including phenoxy) is 1. The molecule has 1 fully saturated rings. The van der Waals surface area contributed by atoms with E-state index < -0.39 is 5.41 Å². The third kappa shape index (κ3) is 4.02. The molecule has 0 saturated heterocycles. The lowest BCUT2D eigenvalue weighted by Crippen LogP contribution is -2.42. The molecule has 1 heterocycles. The predicted octanol–water partition coefficient (Wildman–Crippen LogP) is 4.37. The summed E-state index contributed by atoms with van der Waals surface area (Å²) in [4.78, 5) is 26.8. The highest BCUT2D eigenvalue weighted by molar-refractivity contribution is 6.00. The molecule has 0 atom stereocenters. The van der Waals surface area contributed by atoms with Crippen molar-refractivity contribution in [3.8, 4) is 5.75 Å². The zero-order chi connectivity index (χ0) is 18.7. The van der Waals surface area contributed by atoms with Gasteiger partial charge in [0, 0.05) is 18.7 Å². The molecule has 1 aliphatic heterocycles. The Bertz CT molecular complexity index is 678. The lowest BCUT2D eigenvalue weighted by molar-refractivity contribution is -0.127. The highest BCUT2D eigenvalue weighted by atomic mass is 16.5. The van der Waals surface area contributed by atoms with E-state index in [9.17, 15) is 9.59 Å². The van der Waals surface area contributed by atoms with Crippen molar-refractivity contribution >= 4 is 23.2 Å². The largest absolute Gasteiger partial charge is 0.490 e. The van der Waals surface area contributed by atoms with Gasteiger partial charge in [-0.3, -0.25) is 9.59 Å². The third-order valence-electron chi connectivity index (χ3n) is 5.52. The van der Waals surface area contributed by atoms with Crippen molar-refractivity contribution in [3.05, 3.63) is 18.2 Å². The monoisotopic (exact) mass is 358 g/mol. The highest BCUT2D eigenvalue weighted by Gasteiger charge is 2.37. The van der Waals surface area contributed by atoms with Crippen LogP contribution in [-0.4, -0.2) is 25.0 Å². The molecule has 26 heavy (non-hydrogen) atoms. The van der Waals surface area contributed by atoms with E-state index in [1.807, 2.05) is 39.0 Å². The molecule has 3 rings (SSSR count). The van der Waals surface area contributed by atoms with Crippen molar-refractivity contribution in [2.75, 3.05) is 23.4 Å². The molecule has 5 heteroatoms. The van der Waals surface area contributed by atoms with Crippen molar-refractivity contribution < 1.29 is 14.3 Å². The number of nitrogens with one attached hydrogen (secondary N) is 1. The van der Waals surface area contributed by atoms with E-state index in [0.717, 1.165) is 17.8 Å². The molecule has 0 unspecified atom stereocenters. The Hall–Kier alpha value is -2.04. The molecule has 0 radical (unpaired) electrons. The molecular weight excluding hydrogens is 328 g/mol. The van der Waals surface area contributed by atoms with Crippen LogP contribution in [0.2, 0.25) is 0 Å². The van der Waals surface area contributed by atoms with Gasteiger partial charge in [-0.05, 0) is 51.3 Å². The quantitative estimate of drug-likeness (QED) is 0.850. The van der Waals surface area contributed by atoms with Gasteiger partial charge in [0.1, 0.15) is 12.4 Å². The van der Waals surface area contributed by atoms with Gasteiger partial charge in [0.25, 0.3) is 0 Å². The molecule has 142 valence electrons. The summed E-state index contributed by atoms with van der Waals surface area (Å²) in [6.07, 6.45) is 6.64. The van der Waals surface area contributed by atoms with Crippen LogP contribution in [0.25, 0.3) is 0 Å². The summed E-state index contributed by atoms with van der Waals surface area (Å²) in [5.74, 6) is 1.48. The van der Waals surface area contributed by atoms with Gasteiger partial charge in [0.05, 0.1) is 11.1 Å². The van der Waals surface area contributed by atoms with E-state index in [4.69, 9.17) is 4.74 Å². The second-order valence-electron chi connectivity index (χ2n) is 8.14. The molecule has 2 aliphatic rings. The smallest absolute Gasteiger partial charge is 0.236 e. The molecule has 5 nitrogen and oxygen atoms in total. The molecule has 1 N–H and O–H groups in total. The summed E-state index contributed by atoms with van der Waals surface area (Å²) in [6, 6.07) is 5.55. The normalized spacial score (nSPS) is 19.7. The zero-order valence-corrected chi connectivity index (χ0v) is 16.1. The minimum Gasteiger partial charge on any atom is -0.490 e. The molecule has 1 aromatic carbocycles. The van der Waals surface area contributed by atoms with Crippen LogP contribution in [0.15, 0.2) is 18.2 Å². The van der Waals surface area contributed by atoms with Gasteiger partial charge < -0.3 is 15.0 Å². The lowest BCUT2D eigenvalue weighted by atomic mass is 9.93. The number of carbonyl (C=O) groups is 2. The standard InChI is InChI=1S/C21H30N2O3/c1-4-23-17-13-16(22-19(24)12-9-15-7-5-6-8-15)10-11-18(17)26-14-21(2,3)20(23)25/h10-11,13,15H,4-9,12,14H2,1-3H3,(H,22,24). The van der Waals surface area contributed by atoms with E-state index in [2.05, 4.69) is 5.32 Å². The molecule has 0 aromatic heterocycles. The average Bonchev–Trinajstić information content (AvgIpc) is 3.10. The van der Waals surface area contributed by atoms with Crippen LogP contribution < -0.4 is 15.0 Å². The van der Waals surface area contributed by atoms with Crippen LogP contribution in [0, 0.1) is 11.3 Å². The van der Waals surface area contributed by atoms with Crippen LogP contribution in [-0.2, 0) is 9.59 Å². The van der Waals surface area contributed by atoms with E-state index in [1.54, 1.807) is 4.90 Å². The van der Waals surface area contributed by atoms with Crippen LogP contribution in [0.5, 0.6) is 5.75 Å². The Morgan fingerprint density at radius 1 is 1.31 bits per heavy atom. The number of carbonyl (C=O) groups excluding carboxylic acids is 2. The number of benzene rings is 1. The predicted molar refractivity (Wildman–Crippen MR) is 104 cm³/mol. The second kappa shape index (κ2) is 7.68. The maximum atomic E-state index is 12.8. The summed E-state index contributed by atoms with van der Waals surface area (Å²) in [5, 5.41) is 2.98. The van der Waals surface area contributed by atoms with E-state index in [0.29, 0.717) is 31.2 Å². The Balaban J connectivity index is 1.71. The lowest BCUT2D eigenvalue weighted by Gasteiger charge is -2.27. The first-order chi connectivity index (χ1) is 12.4. The van der Waals surface area contributed by atoms with Gasteiger partial charge in [0.15, 0.2) is 0 Å². The fourth-order valence-corrected chi connectivity index (χ4v) is 3.89. The van der Waals surface area contributed by atoms with Gasteiger partial charge in [-0.25, -0.2) is 0 Å². The van der Waals surface area contributed by atoms with Gasteiger partial charge in [0.2, 0.25) is 11.8 Å². The topological polar surface area (TPSA) is 58.6 Å². The summed E-state index contributed by atoms with van der Waals surface area (Å²) in [6.45, 7) is 6.67. The Morgan fingerprint density at radius 2 is 2.04 bits per heavy atom. The molecule has 2 amide bonds. The summed E-state index contributed by atoms with van der Waals surface area (Å²) < 4.78 is 5.87. The van der Waals surface area contributed by atoms with Crippen molar-refractivity contribution in [2.24, 2.45) is 11.3 Å². The third-order valence-corrected chi connectivity index (χ3v) is 5.52. The molecule has 1 saturated carbocycles. The first-order valence-electron chi connectivity index (χ1n) is 9.79. The minimum atomic E-state index is -0.570. The minimum absolute atomic E-state index is 0.0427. The van der Waals surface area contributed by atoms with Gasteiger partial charge in [-0.1, -0.05) is 25.7 Å². The van der Waals surface area contributed by atoms with Crippen LogP contribution >= 0.6 is 0 Å². The maximum Gasteiger partial charge on any atom is 0.236 e. The molecule has 0 spiro atoms. The highest BCUT2D eigenvalue weighted by Crippen LogP contribution is 2.38. The average molecular weight is 358 g/mol. The molecule has 1 aromatic rings. The van der Waals surface area contributed by atoms with E-state index in [-0.39, 0.29) is 11.8 Å². The van der Waals surface area contributed by atoms with Crippen molar-refractivity contribution in [3.63, 3.8) is 0 Å². The van der Waals surface area contributed by atoms with Crippen LogP contribution in [0.1, 0.15) is 59.3 Å².